The molecule has 1 N–H and O–H groups in total. The Morgan fingerprint density at radius 3 is 2.50 bits per heavy atom. The molecule has 0 radical (unpaired) electrons. The number of aromatic hydroxyl groups is 1. The first-order valence-corrected chi connectivity index (χ1v) is 10.3. The zero-order valence-corrected chi connectivity index (χ0v) is 16.7. The van der Waals surface area contributed by atoms with E-state index in [-0.39, 0.29) is 29.7 Å². The van der Waals surface area contributed by atoms with E-state index >= 15 is 0 Å². The SMILES string of the molecule is O=C(c1cc(F)cc(F)c1)N1C[C@H]2CC1c1c(O)n(-c3cccc4ccccc34)c(=O)n12. The number of benzene rings is 3. The fourth-order valence-electron chi connectivity index (χ4n) is 5.13. The van der Waals surface area contributed by atoms with Gasteiger partial charge in [0.2, 0.25) is 5.88 Å². The van der Waals surface area contributed by atoms with E-state index in [9.17, 15) is 23.5 Å². The molecule has 3 heterocycles. The van der Waals surface area contributed by atoms with E-state index in [1.165, 1.54) is 14.0 Å². The van der Waals surface area contributed by atoms with Crippen molar-refractivity contribution >= 4 is 16.7 Å². The summed E-state index contributed by atoms with van der Waals surface area (Å²) in [6, 6.07) is 14.9. The van der Waals surface area contributed by atoms with Crippen LogP contribution in [-0.4, -0.2) is 31.6 Å². The van der Waals surface area contributed by atoms with Crippen LogP contribution >= 0.6 is 0 Å². The number of amides is 1. The largest absolute Gasteiger partial charge is 0.493 e. The Kier molecular flexibility index (Phi) is 3.83. The van der Waals surface area contributed by atoms with Crippen molar-refractivity contribution in [1.82, 2.24) is 14.0 Å². The number of carbonyl (C=O) groups excluding carboxylic acids is 1. The van der Waals surface area contributed by atoms with Gasteiger partial charge in [-0.25, -0.2) is 18.1 Å². The first kappa shape index (κ1) is 18.8. The van der Waals surface area contributed by atoms with Gasteiger partial charge in [-0.1, -0.05) is 36.4 Å². The highest BCUT2D eigenvalue weighted by molar-refractivity contribution is 5.95. The van der Waals surface area contributed by atoms with Crippen LogP contribution in [0.15, 0.2) is 65.5 Å². The topological polar surface area (TPSA) is 67.5 Å². The Hall–Kier alpha value is -3.94. The fourth-order valence-corrected chi connectivity index (χ4v) is 5.13. The minimum Gasteiger partial charge on any atom is -0.493 e. The summed E-state index contributed by atoms with van der Waals surface area (Å²) in [5.74, 6) is -2.42. The summed E-state index contributed by atoms with van der Waals surface area (Å²) in [4.78, 5) is 27.8. The second kappa shape index (κ2) is 6.53. The van der Waals surface area contributed by atoms with Crippen LogP contribution in [0.2, 0.25) is 0 Å². The van der Waals surface area contributed by atoms with E-state index in [4.69, 9.17) is 0 Å². The zero-order chi connectivity index (χ0) is 22.1. The second-order valence-corrected chi connectivity index (χ2v) is 8.22. The highest BCUT2D eigenvalue weighted by atomic mass is 19.1. The van der Waals surface area contributed by atoms with Crippen LogP contribution in [0, 0.1) is 11.6 Å². The lowest BCUT2D eigenvalue weighted by molar-refractivity contribution is 0.0710. The molecule has 8 heteroatoms. The van der Waals surface area contributed by atoms with Crippen molar-refractivity contribution in [3.8, 4) is 11.6 Å². The number of fused-ring (bicyclic) bond motifs is 6. The Morgan fingerprint density at radius 2 is 1.72 bits per heavy atom. The highest BCUT2D eigenvalue weighted by Crippen LogP contribution is 2.49. The van der Waals surface area contributed by atoms with Crippen LogP contribution in [0.3, 0.4) is 0 Å². The Labute approximate surface area is 180 Å². The number of nitrogens with zero attached hydrogens (tertiary/aromatic N) is 3. The molecule has 160 valence electrons. The van der Waals surface area contributed by atoms with Gasteiger partial charge in [-0.05, 0) is 30.0 Å². The van der Waals surface area contributed by atoms with Crippen LogP contribution in [0.25, 0.3) is 16.5 Å². The molecule has 0 spiro atoms. The van der Waals surface area contributed by atoms with E-state index in [2.05, 4.69) is 0 Å². The fraction of sp³-hybridized carbons (Fsp3) is 0.167. The molecule has 6 rings (SSSR count). The molecular formula is C24H17F2N3O3. The molecule has 2 aliphatic rings. The van der Waals surface area contributed by atoms with Crippen LogP contribution < -0.4 is 5.69 Å². The second-order valence-electron chi connectivity index (χ2n) is 8.22. The van der Waals surface area contributed by atoms with E-state index in [0.29, 0.717) is 23.9 Å². The van der Waals surface area contributed by atoms with Gasteiger partial charge >= 0.3 is 5.69 Å². The molecule has 2 aliphatic heterocycles. The van der Waals surface area contributed by atoms with Gasteiger partial charge in [0.05, 0.1) is 17.8 Å². The van der Waals surface area contributed by atoms with E-state index in [1.807, 2.05) is 36.4 Å². The average Bonchev–Trinajstić information content (AvgIpc) is 3.44. The van der Waals surface area contributed by atoms with Gasteiger partial charge in [0.25, 0.3) is 5.91 Å². The molecule has 1 fully saturated rings. The van der Waals surface area contributed by atoms with Gasteiger partial charge < -0.3 is 10.0 Å². The number of aromatic nitrogens is 2. The predicted molar refractivity (Wildman–Crippen MR) is 113 cm³/mol. The minimum atomic E-state index is -0.834. The molecule has 1 saturated heterocycles. The van der Waals surface area contributed by atoms with E-state index in [0.717, 1.165) is 22.9 Å². The first-order valence-electron chi connectivity index (χ1n) is 10.3. The van der Waals surface area contributed by atoms with Crippen molar-refractivity contribution in [2.24, 2.45) is 0 Å². The third kappa shape index (κ3) is 2.49. The summed E-state index contributed by atoms with van der Waals surface area (Å²) in [5.41, 5.74) is 0.434. The molecule has 4 aromatic rings. The summed E-state index contributed by atoms with van der Waals surface area (Å²) in [5, 5.41) is 12.8. The zero-order valence-electron chi connectivity index (χ0n) is 16.7. The lowest BCUT2D eigenvalue weighted by Crippen LogP contribution is -2.37. The minimum absolute atomic E-state index is 0.100. The van der Waals surface area contributed by atoms with Crippen LogP contribution in [-0.2, 0) is 0 Å². The third-order valence-corrected chi connectivity index (χ3v) is 6.44. The molecule has 0 aliphatic carbocycles. The maximum atomic E-state index is 13.6. The van der Waals surface area contributed by atoms with Gasteiger partial charge in [0.15, 0.2) is 0 Å². The maximum Gasteiger partial charge on any atom is 0.336 e. The molecule has 6 nitrogen and oxygen atoms in total. The van der Waals surface area contributed by atoms with E-state index in [1.54, 1.807) is 6.07 Å². The molecule has 0 saturated carbocycles. The van der Waals surface area contributed by atoms with Gasteiger partial charge in [-0.15, -0.1) is 0 Å². The number of halogens is 2. The number of hydrogen-bond donors (Lipinski definition) is 1. The molecule has 2 bridgehead atoms. The van der Waals surface area contributed by atoms with Crippen molar-refractivity contribution in [2.45, 2.75) is 18.5 Å². The number of imidazole rings is 1. The Morgan fingerprint density at radius 1 is 1.00 bits per heavy atom. The summed E-state index contributed by atoms with van der Waals surface area (Å²) < 4.78 is 30.1. The van der Waals surface area contributed by atoms with Crippen molar-refractivity contribution < 1.29 is 18.7 Å². The number of hydrogen-bond acceptors (Lipinski definition) is 3. The molecule has 2 atom stereocenters. The third-order valence-electron chi connectivity index (χ3n) is 6.44. The predicted octanol–water partition coefficient (Wildman–Crippen LogP) is 3.92. The molecule has 1 aromatic heterocycles. The van der Waals surface area contributed by atoms with Gasteiger partial charge in [-0.3, -0.25) is 9.36 Å². The smallest absolute Gasteiger partial charge is 0.336 e. The molecule has 1 amide bonds. The van der Waals surface area contributed by atoms with Crippen molar-refractivity contribution in [2.75, 3.05) is 6.54 Å². The lowest BCUT2D eigenvalue weighted by Gasteiger charge is -2.27. The summed E-state index contributed by atoms with van der Waals surface area (Å²) in [6.07, 6.45) is 0.470. The monoisotopic (exact) mass is 433 g/mol. The average molecular weight is 433 g/mol. The summed E-state index contributed by atoms with van der Waals surface area (Å²) >= 11 is 0. The standard InChI is InChI=1S/C24H17F2N3O3/c25-15-8-14(9-16(26)10-15)22(30)27-12-17-11-20(27)21-23(31)29(24(32)28(17)21)19-7-3-5-13-4-1-2-6-18(13)19/h1-10,17,20,31H,11-12H2/t17-,20?/m1/s1. The molecule has 32 heavy (non-hydrogen) atoms. The molecule has 3 aromatic carbocycles. The lowest BCUT2D eigenvalue weighted by atomic mass is 10.1. The quantitative estimate of drug-likeness (QED) is 0.521. The Balaban J connectivity index is 1.46. The van der Waals surface area contributed by atoms with Gasteiger partial charge in [-0.2, -0.15) is 0 Å². The van der Waals surface area contributed by atoms with Crippen molar-refractivity contribution in [3.63, 3.8) is 0 Å². The maximum absolute atomic E-state index is 13.6. The Bertz CT molecular complexity index is 1460. The van der Waals surface area contributed by atoms with Crippen LogP contribution in [0.4, 0.5) is 8.78 Å². The van der Waals surface area contributed by atoms with Crippen LogP contribution in [0.1, 0.15) is 34.6 Å². The number of likely N-dealkylation sites (tertiary alicyclic amines) is 1. The summed E-state index contributed by atoms with van der Waals surface area (Å²) in [7, 11) is 0. The molecular weight excluding hydrogens is 416 g/mol. The highest BCUT2D eigenvalue weighted by Gasteiger charge is 2.49. The van der Waals surface area contributed by atoms with E-state index < -0.39 is 23.6 Å². The number of rotatable bonds is 2. The van der Waals surface area contributed by atoms with Gasteiger partial charge in [0, 0.05) is 23.6 Å². The van der Waals surface area contributed by atoms with Crippen molar-refractivity contribution in [1.29, 1.82) is 0 Å². The first-order chi connectivity index (χ1) is 15.4. The number of carbonyl (C=O) groups is 1. The van der Waals surface area contributed by atoms with Crippen LogP contribution in [0.5, 0.6) is 5.88 Å². The normalized spacial score (nSPS) is 19.0. The van der Waals surface area contributed by atoms with Gasteiger partial charge in [0.1, 0.15) is 17.3 Å². The summed E-state index contributed by atoms with van der Waals surface area (Å²) in [6.45, 7) is 0.230. The molecule has 1 unspecified atom stereocenters. The van der Waals surface area contributed by atoms with Crippen molar-refractivity contribution in [3.05, 3.63) is 94.0 Å².